The maximum atomic E-state index is 12.2. The highest BCUT2D eigenvalue weighted by Gasteiger charge is 2.31. The number of piperidine rings is 1. The Hall–Kier alpha value is -1.83. The Morgan fingerprint density at radius 3 is 3.04 bits per heavy atom. The van der Waals surface area contributed by atoms with Crippen LogP contribution in [0.25, 0.3) is 10.2 Å². The number of thiophene rings is 1. The first-order valence-corrected chi connectivity index (χ1v) is 8.23. The van der Waals surface area contributed by atoms with Gasteiger partial charge in [0.15, 0.2) is 0 Å². The summed E-state index contributed by atoms with van der Waals surface area (Å²) >= 11 is 1.58. The van der Waals surface area contributed by atoms with E-state index in [2.05, 4.69) is 9.88 Å². The fourth-order valence-corrected chi connectivity index (χ4v) is 3.74. The zero-order chi connectivity index (χ0) is 16.4. The van der Waals surface area contributed by atoms with Gasteiger partial charge in [-0.25, -0.2) is 0 Å². The molecular weight excluding hydrogens is 327 g/mol. The van der Waals surface area contributed by atoms with E-state index in [0.29, 0.717) is 13.0 Å². The second-order valence-electron chi connectivity index (χ2n) is 5.58. The molecule has 2 aromatic rings. The van der Waals surface area contributed by atoms with E-state index in [1.54, 1.807) is 17.5 Å². The molecule has 4 nitrogen and oxygen atoms in total. The summed E-state index contributed by atoms with van der Waals surface area (Å²) in [7, 11) is 0. The molecule has 1 atom stereocenters. The smallest absolute Gasteiger partial charge is 0.369 e. The number of anilines is 1. The van der Waals surface area contributed by atoms with Gasteiger partial charge in [0, 0.05) is 19.3 Å². The second-order valence-corrected chi connectivity index (χ2v) is 6.50. The SMILES string of the molecule is O=C(NCC(F)(F)F)C1CCCN(c2ccnc3ccsc23)C1. The Labute approximate surface area is 135 Å². The summed E-state index contributed by atoms with van der Waals surface area (Å²) in [5.41, 5.74) is 1.90. The van der Waals surface area contributed by atoms with Crippen molar-refractivity contribution >= 4 is 33.1 Å². The molecule has 1 aliphatic heterocycles. The molecule has 0 aromatic carbocycles. The standard InChI is InChI=1S/C15H16F3N3OS/c16-15(17,18)9-20-14(22)10-2-1-6-21(8-10)12-3-5-19-11-4-7-23-13(11)12/h3-5,7,10H,1-2,6,8-9H2,(H,20,22). The fraction of sp³-hybridized carbons (Fsp3) is 0.467. The molecule has 1 amide bonds. The highest BCUT2D eigenvalue weighted by atomic mass is 32.1. The van der Waals surface area contributed by atoms with Gasteiger partial charge in [-0.1, -0.05) is 0 Å². The molecule has 1 aliphatic rings. The number of rotatable bonds is 3. The van der Waals surface area contributed by atoms with Gasteiger partial charge >= 0.3 is 6.18 Å². The number of halogens is 3. The van der Waals surface area contributed by atoms with Crippen LogP contribution >= 0.6 is 11.3 Å². The molecular formula is C15H16F3N3OS. The lowest BCUT2D eigenvalue weighted by Gasteiger charge is -2.34. The molecule has 8 heteroatoms. The van der Waals surface area contributed by atoms with Gasteiger partial charge in [-0.2, -0.15) is 13.2 Å². The zero-order valence-corrected chi connectivity index (χ0v) is 13.1. The van der Waals surface area contributed by atoms with Gasteiger partial charge in [0.2, 0.25) is 5.91 Å². The average molecular weight is 343 g/mol. The summed E-state index contributed by atoms with van der Waals surface area (Å²) < 4.78 is 37.7. The van der Waals surface area contributed by atoms with Crippen molar-refractivity contribution in [3.63, 3.8) is 0 Å². The van der Waals surface area contributed by atoms with Crippen LogP contribution < -0.4 is 10.2 Å². The van der Waals surface area contributed by atoms with Crippen molar-refractivity contribution in [2.75, 3.05) is 24.5 Å². The van der Waals surface area contributed by atoms with E-state index in [1.807, 2.05) is 22.8 Å². The van der Waals surface area contributed by atoms with E-state index in [1.165, 1.54) is 0 Å². The van der Waals surface area contributed by atoms with Crippen LogP contribution in [0, 0.1) is 5.92 Å². The Balaban J connectivity index is 1.71. The maximum Gasteiger partial charge on any atom is 0.405 e. The average Bonchev–Trinajstić information content (AvgIpc) is 3.00. The summed E-state index contributed by atoms with van der Waals surface area (Å²) in [4.78, 5) is 18.3. The quantitative estimate of drug-likeness (QED) is 0.931. The predicted octanol–water partition coefficient (Wildman–Crippen LogP) is 3.19. The van der Waals surface area contributed by atoms with Crippen molar-refractivity contribution in [2.24, 2.45) is 5.92 Å². The first-order chi connectivity index (χ1) is 10.9. The number of carbonyl (C=O) groups is 1. The number of nitrogens with one attached hydrogen (secondary N) is 1. The molecule has 23 heavy (non-hydrogen) atoms. The van der Waals surface area contributed by atoms with Gasteiger partial charge in [-0.3, -0.25) is 9.78 Å². The minimum atomic E-state index is -4.38. The highest BCUT2D eigenvalue weighted by Crippen LogP contribution is 2.32. The number of aromatic nitrogens is 1. The number of pyridine rings is 1. The lowest BCUT2D eigenvalue weighted by atomic mass is 9.96. The van der Waals surface area contributed by atoms with Crippen molar-refractivity contribution in [1.82, 2.24) is 10.3 Å². The number of nitrogens with zero attached hydrogens (tertiary/aromatic N) is 2. The number of carbonyl (C=O) groups excluding carboxylic acids is 1. The molecule has 3 heterocycles. The number of hydrogen-bond acceptors (Lipinski definition) is 4. The van der Waals surface area contributed by atoms with E-state index >= 15 is 0 Å². The molecule has 0 spiro atoms. The molecule has 1 fully saturated rings. The maximum absolute atomic E-state index is 12.2. The van der Waals surface area contributed by atoms with Crippen LogP contribution in [0.3, 0.4) is 0 Å². The summed E-state index contributed by atoms with van der Waals surface area (Å²) in [6.07, 6.45) is -1.27. The molecule has 2 aromatic heterocycles. The van der Waals surface area contributed by atoms with Crippen molar-refractivity contribution in [3.05, 3.63) is 23.7 Å². The first-order valence-electron chi connectivity index (χ1n) is 7.36. The topological polar surface area (TPSA) is 45.2 Å². The fourth-order valence-electron chi connectivity index (χ4n) is 2.85. The second kappa shape index (κ2) is 6.35. The van der Waals surface area contributed by atoms with E-state index < -0.39 is 24.5 Å². The molecule has 1 saturated heterocycles. The van der Waals surface area contributed by atoms with Gasteiger partial charge < -0.3 is 10.2 Å². The third-order valence-electron chi connectivity index (χ3n) is 3.92. The molecule has 0 bridgehead atoms. The van der Waals surface area contributed by atoms with Gasteiger partial charge in [0.05, 0.1) is 21.8 Å². The number of alkyl halides is 3. The number of hydrogen-bond donors (Lipinski definition) is 1. The van der Waals surface area contributed by atoms with E-state index in [0.717, 1.165) is 28.9 Å². The molecule has 0 aliphatic carbocycles. The summed E-state index contributed by atoms with van der Waals surface area (Å²) in [5, 5.41) is 3.95. The minimum Gasteiger partial charge on any atom is -0.369 e. The van der Waals surface area contributed by atoms with Crippen molar-refractivity contribution in [2.45, 2.75) is 19.0 Å². The van der Waals surface area contributed by atoms with Crippen LogP contribution in [-0.2, 0) is 4.79 Å². The molecule has 3 rings (SSSR count). The number of amides is 1. The van der Waals surface area contributed by atoms with Crippen LogP contribution in [0.15, 0.2) is 23.7 Å². The normalized spacial score (nSPS) is 19.1. The summed E-state index contributed by atoms with van der Waals surface area (Å²) in [6.45, 7) is -0.0481. The van der Waals surface area contributed by atoms with Crippen LogP contribution in [0.5, 0.6) is 0 Å². The monoisotopic (exact) mass is 343 g/mol. The first kappa shape index (κ1) is 16.0. The Bertz CT molecular complexity index is 701. The van der Waals surface area contributed by atoms with E-state index in [-0.39, 0.29) is 0 Å². The lowest BCUT2D eigenvalue weighted by molar-refractivity contribution is -0.140. The highest BCUT2D eigenvalue weighted by molar-refractivity contribution is 7.17. The van der Waals surface area contributed by atoms with Gasteiger partial charge in [-0.05, 0) is 30.4 Å². The van der Waals surface area contributed by atoms with Crippen LogP contribution in [0.2, 0.25) is 0 Å². The molecule has 0 saturated carbocycles. The van der Waals surface area contributed by atoms with E-state index in [9.17, 15) is 18.0 Å². The number of fused-ring (bicyclic) bond motifs is 1. The van der Waals surface area contributed by atoms with Gasteiger partial charge in [-0.15, -0.1) is 11.3 Å². The van der Waals surface area contributed by atoms with Crippen molar-refractivity contribution in [3.8, 4) is 0 Å². The van der Waals surface area contributed by atoms with E-state index in [4.69, 9.17) is 0 Å². The van der Waals surface area contributed by atoms with Crippen molar-refractivity contribution < 1.29 is 18.0 Å². The summed E-state index contributed by atoms with van der Waals surface area (Å²) in [6, 6.07) is 3.83. The lowest BCUT2D eigenvalue weighted by Crippen LogP contribution is -2.45. The molecule has 1 unspecified atom stereocenters. The third-order valence-corrected chi connectivity index (χ3v) is 4.85. The summed E-state index contributed by atoms with van der Waals surface area (Å²) in [5.74, 6) is -0.946. The predicted molar refractivity (Wildman–Crippen MR) is 83.6 cm³/mol. The van der Waals surface area contributed by atoms with Crippen LogP contribution in [0.4, 0.5) is 18.9 Å². The van der Waals surface area contributed by atoms with Crippen molar-refractivity contribution in [1.29, 1.82) is 0 Å². The Morgan fingerprint density at radius 2 is 2.26 bits per heavy atom. The van der Waals surface area contributed by atoms with Gasteiger partial charge in [0.25, 0.3) is 0 Å². The zero-order valence-electron chi connectivity index (χ0n) is 12.3. The van der Waals surface area contributed by atoms with Crippen LogP contribution in [0.1, 0.15) is 12.8 Å². The third kappa shape index (κ3) is 3.74. The van der Waals surface area contributed by atoms with Crippen LogP contribution in [-0.4, -0.2) is 36.7 Å². The minimum absolute atomic E-state index is 0.422. The Kier molecular flexibility index (Phi) is 4.43. The molecule has 1 N–H and O–H groups in total. The largest absolute Gasteiger partial charge is 0.405 e. The molecule has 0 radical (unpaired) electrons. The Morgan fingerprint density at radius 1 is 1.43 bits per heavy atom. The van der Waals surface area contributed by atoms with Gasteiger partial charge in [0.1, 0.15) is 6.54 Å². The molecule has 124 valence electrons.